The molecule has 5 heteroatoms. The quantitative estimate of drug-likeness (QED) is 0.811. The SMILES string of the molecule is CC(C)[C@@H](N)C(=O)N(C)CC1CCCO1.Cl. The molecule has 0 aromatic carbocycles. The van der Waals surface area contributed by atoms with Gasteiger partial charge in [-0.2, -0.15) is 0 Å². The average molecular weight is 251 g/mol. The Hall–Kier alpha value is -0.320. The maximum Gasteiger partial charge on any atom is 0.239 e. The second-order valence-corrected chi connectivity index (χ2v) is 4.62. The van der Waals surface area contributed by atoms with Gasteiger partial charge < -0.3 is 15.4 Å². The van der Waals surface area contributed by atoms with Gasteiger partial charge in [-0.05, 0) is 18.8 Å². The molecule has 0 spiro atoms. The lowest BCUT2D eigenvalue weighted by atomic mass is 10.0. The molecule has 4 nitrogen and oxygen atoms in total. The van der Waals surface area contributed by atoms with Crippen LogP contribution in [0.5, 0.6) is 0 Å². The molecular formula is C11H23ClN2O2. The van der Waals surface area contributed by atoms with Crippen molar-refractivity contribution in [3.05, 3.63) is 0 Å². The first-order chi connectivity index (χ1) is 7.02. The van der Waals surface area contributed by atoms with Crippen molar-refractivity contribution in [2.45, 2.75) is 38.8 Å². The Morgan fingerprint density at radius 2 is 2.19 bits per heavy atom. The standard InChI is InChI=1S/C11H22N2O2.ClH/c1-8(2)10(12)11(14)13(3)7-9-5-4-6-15-9;/h8-10H,4-7,12H2,1-3H3;1H/t9?,10-;/m1./s1. The van der Waals surface area contributed by atoms with E-state index < -0.39 is 6.04 Å². The van der Waals surface area contributed by atoms with Crippen molar-refractivity contribution in [1.29, 1.82) is 0 Å². The molecule has 0 aliphatic carbocycles. The van der Waals surface area contributed by atoms with Crippen molar-refractivity contribution in [3.8, 4) is 0 Å². The Kier molecular flexibility index (Phi) is 6.95. The third-order valence-electron chi connectivity index (χ3n) is 2.88. The highest BCUT2D eigenvalue weighted by atomic mass is 35.5. The number of rotatable bonds is 4. The lowest BCUT2D eigenvalue weighted by Gasteiger charge is -2.25. The molecule has 1 heterocycles. The fraction of sp³-hybridized carbons (Fsp3) is 0.909. The van der Waals surface area contributed by atoms with Crippen LogP contribution in [-0.2, 0) is 9.53 Å². The molecule has 0 aromatic rings. The van der Waals surface area contributed by atoms with Crippen molar-refractivity contribution in [3.63, 3.8) is 0 Å². The maximum absolute atomic E-state index is 11.8. The van der Waals surface area contributed by atoms with E-state index in [4.69, 9.17) is 10.5 Å². The van der Waals surface area contributed by atoms with Crippen LogP contribution in [0.25, 0.3) is 0 Å². The van der Waals surface area contributed by atoms with Crippen LogP contribution in [-0.4, -0.2) is 43.2 Å². The fourth-order valence-corrected chi connectivity index (χ4v) is 1.72. The summed E-state index contributed by atoms with van der Waals surface area (Å²) in [6, 6.07) is -0.392. The van der Waals surface area contributed by atoms with E-state index in [9.17, 15) is 4.79 Å². The summed E-state index contributed by atoms with van der Waals surface area (Å²) < 4.78 is 5.48. The Balaban J connectivity index is 0.00000225. The number of hydrogen-bond acceptors (Lipinski definition) is 3. The zero-order valence-electron chi connectivity index (χ0n) is 10.3. The Morgan fingerprint density at radius 1 is 1.56 bits per heavy atom. The molecule has 96 valence electrons. The number of likely N-dealkylation sites (N-methyl/N-ethyl adjacent to an activating group) is 1. The predicted molar refractivity (Wildman–Crippen MR) is 66.7 cm³/mol. The largest absolute Gasteiger partial charge is 0.376 e. The highest BCUT2D eigenvalue weighted by molar-refractivity contribution is 5.85. The smallest absolute Gasteiger partial charge is 0.239 e. The number of carbonyl (C=O) groups excluding carboxylic acids is 1. The van der Waals surface area contributed by atoms with Crippen LogP contribution in [0, 0.1) is 5.92 Å². The van der Waals surface area contributed by atoms with Crippen molar-refractivity contribution in [1.82, 2.24) is 4.90 Å². The Morgan fingerprint density at radius 3 is 2.62 bits per heavy atom. The topological polar surface area (TPSA) is 55.6 Å². The van der Waals surface area contributed by atoms with Gasteiger partial charge in [-0.1, -0.05) is 13.8 Å². The first-order valence-corrected chi connectivity index (χ1v) is 5.64. The summed E-state index contributed by atoms with van der Waals surface area (Å²) in [6.07, 6.45) is 2.36. The molecule has 1 aliphatic heterocycles. The van der Waals surface area contributed by atoms with Crippen LogP contribution in [0.2, 0.25) is 0 Å². The molecule has 1 amide bonds. The number of ether oxygens (including phenoxy) is 1. The summed E-state index contributed by atoms with van der Waals surface area (Å²) >= 11 is 0. The molecular weight excluding hydrogens is 228 g/mol. The third kappa shape index (κ3) is 4.28. The van der Waals surface area contributed by atoms with Crippen LogP contribution >= 0.6 is 12.4 Å². The lowest BCUT2D eigenvalue weighted by Crippen LogP contribution is -2.46. The van der Waals surface area contributed by atoms with E-state index in [0.717, 1.165) is 19.4 Å². The van der Waals surface area contributed by atoms with Gasteiger partial charge in [0.15, 0.2) is 0 Å². The molecule has 1 fully saturated rings. The number of carbonyl (C=O) groups is 1. The normalized spacial score (nSPS) is 21.7. The molecule has 16 heavy (non-hydrogen) atoms. The van der Waals surface area contributed by atoms with Crippen molar-refractivity contribution in [2.75, 3.05) is 20.2 Å². The fourth-order valence-electron chi connectivity index (χ4n) is 1.72. The molecule has 0 aromatic heterocycles. The van der Waals surface area contributed by atoms with Crippen molar-refractivity contribution >= 4 is 18.3 Å². The maximum atomic E-state index is 11.8. The second kappa shape index (κ2) is 7.09. The van der Waals surface area contributed by atoms with Gasteiger partial charge in [0.2, 0.25) is 5.91 Å². The summed E-state index contributed by atoms with van der Waals surface area (Å²) in [7, 11) is 1.80. The van der Waals surface area contributed by atoms with E-state index >= 15 is 0 Å². The van der Waals surface area contributed by atoms with Crippen molar-refractivity contribution in [2.24, 2.45) is 11.7 Å². The zero-order chi connectivity index (χ0) is 11.4. The molecule has 2 N–H and O–H groups in total. The van der Waals surface area contributed by atoms with Crippen molar-refractivity contribution < 1.29 is 9.53 Å². The average Bonchev–Trinajstić information content (AvgIpc) is 2.67. The summed E-state index contributed by atoms with van der Waals surface area (Å²) in [4.78, 5) is 13.5. The predicted octanol–water partition coefficient (Wildman–Crippen LogP) is 1.03. The molecule has 1 saturated heterocycles. The third-order valence-corrected chi connectivity index (χ3v) is 2.88. The Bertz CT molecular complexity index is 218. The van der Waals surface area contributed by atoms with Crippen LogP contribution in [0.15, 0.2) is 0 Å². The van der Waals surface area contributed by atoms with E-state index in [1.54, 1.807) is 11.9 Å². The summed E-state index contributed by atoms with van der Waals surface area (Å²) in [5.41, 5.74) is 5.80. The minimum absolute atomic E-state index is 0. The zero-order valence-corrected chi connectivity index (χ0v) is 11.1. The molecule has 2 atom stereocenters. The Labute approximate surface area is 104 Å². The summed E-state index contributed by atoms with van der Waals surface area (Å²) in [5, 5.41) is 0. The van der Waals surface area contributed by atoms with Crippen LogP contribution in [0.3, 0.4) is 0 Å². The molecule has 0 radical (unpaired) electrons. The number of nitrogens with zero attached hydrogens (tertiary/aromatic N) is 1. The molecule has 1 unspecified atom stereocenters. The van der Waals surface area contributed by atoms with Crippen LogP contribution in [0.4, 0.5) is 0 Å². The van der Waals surface area contributed by atoms with E-state index in [-0.39, 0.29) is 30.3 Å². The minimum Gasteiger partial charge on any atom is -0.376 e. The molecule has 0 saturated carbocycles. The monoisotopic (exact) mass is 250 g/mol. The molecule has 0 bridgehead atoms. The number of amides is 1. The van der Waals surface area contributed by atoms with Crippen LogP contribution in [0.1, 0.15) is 26.7 Å². The molecule has 1 rings (SSSR count). The minimum atomic E-state index is -0.392. The van der Waals surface area contributed by atoms with E-state index in [1.165, 1.54) is 0 Å². The second-order valence-electron chi connectivity index (χ2n) is 4.62. The van der Waals surface area contributed by atoms with Gasteiger partial charge in [-0.3, -0.25) is 4.79 Å². The van der Waals surface area contributed by atoms with Gasteiger partial charge in [0.25, 0.3) is 0 Å². The first-order valence-electron chi connectivity index (χ1n) is 5.64. The van der Waals surface area contributed by atoms with Gasteiger partial charge in [-0.15, -0.1) is 12.4 Å². The van der Waals surface area contributed by atoms with Gasteiger partial charge in [-0.25, -0.2) is 0 Å². The molecule has 1 aliphatic rings. The summed E-state index contributed by atoms with van der Waals surface area (Å²) in [5.74, 6) is 0.199. The number of hydrogen-bond donors (Lipinski definition) is 1. The van der Waals surface area contributed by atoms with Gasteiger partial charge in [0.1, 0.15) is 0 Å². The van der Waals surface area contributed by atoms with Gasteiger partial charge in [0.05, 0.1) is 12.1 Å². The lowest BCUT2D eigenvalue weighted by molar-refractivity contribution is -0.133. The van der Waals surface area contributed by atoms with E-state index in [0.29, 0.717) is 6.54 Å². The summed E-state index contributed by atoms with van der Waals surface area (Å²) in [6.45, 7) is 5.41. The highest BCUT2D eigenvalue weighted by Crippen LogP contribution is 2.13. The first kappa shape index (κ1) is 15.7. The van der Waals surface area contributed by atoms with E-state index in [2.05, 4.69) is 0 Å². The highest BCUT2D eigenvalue weighted by Gasteiger charge is 2.24. The van der Waals surface area contributed by atoms with Gasteiger partial charge in [0, 0.05) is 20.2 Å². The number of nitrogens with two attached hydrogens (primary N) is 1. The van der Waals surface area contributed by atoms with Crippen LogP contribution < -0.4 is 5.73 Å². The van der Waals surface area contributed by atoms with Gasteiger partial charge >= 0.3 is 0 Å². The number of halogens is 1. The van der Waals surface area contributed by atoms with E-state index in [1.807, 2.05) is 13.8 Å².